The van der Waals surface area contributed by atoms with Crippen molar-refractivity contribution in [2.45, 2.75) is 39.9 Å². The number of aromatic nitrogens is 1. The quantitative estimate of drug-likeness (QED) is 0.523. The van der Waals surface area contributed by atoms with E-state index in [4.69, 9.17) is 27.9 Å². The molecule has 0 bridgehead atoms. The third-order valence-electron chi connectivity index (χ3n) is 4.52. The fraction of sp³-hybridized carbons (Fsp3) is 0.273. The molecule has 0 saturated heterocycles. The minimum Gasteiger partial charge on any atom is -0.479 e. The van der Waals surface area contributed by atoms with Gasteiger partial charge in [0.1, 0.15) is 0 Å². The maximum absolute atomic E-state index is 12.1. The highest BCUT2D eigenvalue weighted by Gasteiger charge is 2.29. The molecule has 28 heavy (non-hydrogen) atoms. The summed E-state index contributed by atoms with van der Waals surface area (Å²) in [7, 11) is 0. The van der Waals surface area contributed by atoms with Gasteiger partial charge in [-0.2, -0.15) is 0 Å². The number of pyridine rings is 1. The first-order valence-electron chi connectivity index (χ1n) is 8.93. The zero-order valence-electron chi connectivity index (χ0n) is 16.1. The van der Waals surface area contributed by atoms with Gasteiger partial charge in [-0.05, 0) is 74.7 Å². The summed E-state index contributed by atoms with van der Waals surface area (Å²) >= 11 is 12.5. The lowest BCUT2D eigenvalue weighted by atomic mass is 9.90. The zero-order valence-corrected chi connectivity index (χ0v) is 17.6. The number of aliphatic carboxylic acids is 1. The van der Waals surface area contributed by atoms with Gasteiger partial charge in [0.15, 0.2) is 6.10 Å². The number of nitrogens with zero attached hydrogens (tertiary/aromatic N) is 1. The molecule has 1 unspecified atom stereocenters. The molecule has 1 aromatic heterocycles. The molecule has 0 spiro atoms. The van der Waals surface area contributed by atoms with E-state index in [0.717, 1.165) is 27.6 Å². The molecule has 0 saturated carbocycles. The van der Waals surface area contributed by atoms with E-state index in [0.29, 0.717) is 21.3 Å². The van der Waals surface area contributed by atoms with Crippen LogP contribution in [0.1, 0.15) is 36.8 Å². The van der Waals surface area contributed by atoms with Crippen LogP contribution in [0, 0.1) is 13.8 Å². The minimum absolute atomic E-state index is 0.268. The summed E-state index contributed by atoms with van der Waals surface area (Å²) in [6, 6.07) is 11.0. The highest BCUT2D eigenvalue weighted by Crippen LogP contribution is 2.40. The van der Waals surface area contributed by atoms with E-state index in [2.05, 4.69) is 4.98 Å². The van der Waals surface area contributed by atoms with E-state index < -0.39 is 12.1 Å². The van der Waals surface area contributed by atoms with E-state index in [1.165, 1.54) is 0 Å². The number of benzene rings is 2. The summed E-state index contributed by atoms with van der Waals surface area (Å²) in [5.41, 5.74) is 4.35. The van der Waals surface area contributed by atoms with Crippen LogP contribution in [0.2, 0.25) is 10.0 Å². The van der Waals surface area contributed by atoms with Crippen LogP contribution in [0.15, 0.2) is 36.4 Å². The van der Waals surface area contributed by atoms with Gasteiger partial charge in [0, 0.05) is 26.7 Å². The van der Waals surface area contributed by atoms with Crippen LogP contribution >= 0.6 is 23.2 Å². The fourth-order valence-electron chi connectivity index (χ4n) is 3.33. The van der Waals surface area contributed by atoms with Gasteiger partial charge in [0.25, 0.3) is 0 Å². The lowest BCUT2D eigenvalue weighted by molar-refractivity contribution is -0.153. The maximum atomic E-state index is 12.1. The molecule has 3 aromatic rings. The second-order valence-corrected chi connectivity index (χ2v) is 7.86. The van der Waals surface area contributed by atoms with Gasteiger partial charge in [0.2, 0.25) is 0 Å². The molecule has 3 rings (SSSR count). The van der Waals surface area contributed by atoms with E-state index in [-0.39, 0.29) is 6.10 Å². The van der Waals surface area contributed by atoms with E-state index in [1.54, 1.807) is 25.1 Å². The van der Waals surface area contributed by atoms with Crippen LogP contribution < -0.4 is 0 Å². The molecule has 0 fully saturated rings. The van der Waals surface area contributed by atoms with Crippen molar-refractivity contribution in [1.82, 2.24) is 4.98 Å². The smallest absolute Gasteiger partial charge is 0.337 e. The molecule has 0 aliphatic heterocycles. The van der Waals surface area contributed by atoms with Gasteiger partial charge in [-0.3, -0.25) is 4.98 Å². The van der Waals surface area contributed by atoms with Crippen LogP contribution in [0.5, 0.6) is 0 Å². The Bertz CT molecular complexity index is 1060. The Morgan fingerprint density at radius 3 is 2.43 bits per heavy atom. The number of hydrogen-bond donors (Lipinski definition) is 1. The van der Waals surface area contributed by atoms with Crippen molar-refractivity contribution in [2.75, 3.05) is 0 Å². The fourth-order valence-corrected chi connectivity index (χ4v) is 3.62. The maximum Gasteiger partial charge on any atom is 0.337 e. The summed E-state index contributed by atoms with van der Waals surface area (Å²) in [5, 5.41) is 11.9. The van der Waals surface area contributed by atoms with Gasteiger partial charge in [-0.15, -0.1) is 0 Å². The number of fused-ring (bicyclic) bond motifs is 1. The second-order valence-electron chi connectivity index (χ2n) is 7.01. The Morgan fingerprint density at radius 2 is 1.82 bits per heavy atom. The lowest BCUT2D eigenvalue weighted by Crippen LogP contribution is -2.21. The predicted molar refractivity (Wildman–Crippen MR) is 113 cm³/mol. The van der Waals surface area contributed by atoms with Gasteiger partial charge in [0.05, 0.1) is 11.6 Å². The minimum atomic E-state index is -1.15. The second kappa shape index (κ2) is 8.08. The molecule has 0 radical (unpaired) electrons. The molecular formula is C22H21Cl2NO3. The predicted octanol–water partition coefficient (Wildman–Crippen LogP) is 6.38. The largest absolute Gasteiger partial charge is 0.479 e. The van der Waals surface area contributed by atoms with Gasteiger partial charge in [-0.25, -0.2) is 4.79 Å². The van der Waals surface area contributed by atoms with Crippen LogP contribution in [-0.2, 0) is 9.53 Å². The zero-order chi connectivity index (χ0) is 20.6. The average Bonchev–Trinajstić information content (AvgIpc) is 2.61. The Morgan fingerprint density at radius 1 is 1.11 bits per heavy atom. The molecule has 0 aliphatic rings. The highest BCUT2D eigenvalue weighted by atomic mass is 35.5. The monoisotopic (exact) mass is 417 g/mol. The molecule has 2 aromatic carbocycles. The third kappa shape index (κ3) is 4.00. The molecule has 4 nitrogen and oxygen atoms in total. The number of carboxylic acids is 1. The van der Waals surface area contributed by atoms with E-state index >= 15 is 0 Å². The molecule has 0 amide bonds. The first kappa shape index (κ1) is 20.6. The third-order valence-corrected chi connectivity index (χ3v) is 5.18. The van der Waals surface area contributed by atoms with Crippen LogP contribution in [0.25, 0.3) is 22.0 Å². The molecule has 146 valence electrons. The Balaban J connectivity index is 2.43. The lowest BCUT2D eigenvalue weighted by Gasteiger charge is -2.23. The first-order valence-corrected chi connectivity index (χ1v) is 9.69. The Kier molecular flexibility index (Phi) is 5.94. The Hall–Kier alpha value is -2.14. The van der Waals surface area contributed by atoms with Crippen LogP contribution in [0.3, 0.4) is 0 Å². The van der Waals surface area contributed by atoms with Gasteiger partial charge < -0.3 is 9.84 Å². The van der Waals surface area contributed by atoms with Crippen molar-refractivity contribution < 1.29 is 14.6 Å². The SMILES string of the molecule is Cc1cc(-c2c(C(OC(C)C)C(=O)O)c(C)nc3ccc(Cl)cc23)ccc1Cl. The number of ether oxygens (including phenoxy) is 1. The molecule has 6 heteroatoms. The normalized spacial score (nSPS) is 12.5. The number of carboxylic acid groups (broad SMARTS) is 1. The standard InChI is InChI=1S/C22H21Cl2NO3/c1-11(2)28-21(22(26)27)19-13(4)25-18-8-6-15(23)10-16(18)20(19)14-5-7-17(24)12(3)9-14/h5-11,21H,1-4H3,(H,26,27). The molecule has 1 N–H and O–H groups in total. The van der Waals surface area contributed by atoms with Gasteiger partial charge in [-0.1, -0.05) is 29.3 Å². The first-order chi connectivity index (χ1) is 13.2. The van der Waals surface area contributed by atoms with Crippen LogP contribution in [-0.4, -0.2) is 22.2 Å². The van der Waals surface area contributed by atoms with Crippen molar-refractivity contribution >= 4 is 40.1 Å². The van der Waals surface area contributed by atoms with Crippen molar-refractivity contribution in [3.63, 3.8) is 0 Å². The number of hydrogen-bond acceptors (Lipinski definition) is 3. The van der Waals surface area contributed by atoms with E-state index in [9.17, 15) is 9.90 Å². The summed E-state index contributed by atoms with van der Waals surface area (Å²) in [6.07, 6.45) is -1.42. The average molecular weight is 418 g/mol. The summed E-state index contributed by atoms with van der Waals surface area (Å²) in [4.78, 5) is 16.7. The number of aryl methyl sites for hydroxylation is 2. The molecule has 0 aliphatic carbocycles. The van der Waals surface area contributed by atoms with Crippen LogP contribution in [0.4, 0.5) is 0 Å². The van der Waals surface area contributed by atoms with Crippen molar-refractivity contribution in [3.8, 4) is 11.1 Å². The summed E-state index contributed by atoms with van der Waals surface area (Å²) in [5.74, 6) is -1.06. The number of halogens is 2. The summed E-state index contributed by atoms with van der Waals surface area (Å²) in [6.45, 7) is 7.33. The number of rotatable bonds is 5. The van der Waals surface area contributed by atoms with Crippen molar-refractivity contribution in [3.05, 3.63) is 63.3 Å². The molecular weight excluding hydrogens is 397 g/mol. The molecule has 1 atom stereocenters. The van der Waals surface area contributed by atoms with Crippen molar-refractivity contribution in [1.29, 1.82) is 0 Å². The number of carbonyl (C=O) groups is 1. The highest BCUT2D eigenvalue weighted by molar-refractivity contribution is 6.32. The summed E-state index contributed by atoms with van der Waals surface area (Å²) < 4.78 is 5.78. The molecule has 1 heterocycles. The van der Waals surface area contributed by atoms with Gasteiger partial charge >= 0.3 is 5.97 Å². The van der Waals surface area contributed by atoms with Crippen molar-refractivity contribution in [2.24, 2.45) is 0 Å². The van der Waals surface area contributed by atoms with E-state index in [1.807, 2.05) is 39.0 Å². The Labute approximate surface area is 174 Å². The topological polar surface area (TPSA) is 59.4 Å².